The van der Waals surface area contributed by atoms with Crippen molar-refractivity contribution in [1.82, 2.24) is 4.90 Å². The fraction of sp³-hybridized carbons (Fsp3) is 0.208. The van der Waals surface area contributed by atoms with Gasteiger partial charge in [-0.3, -0.25) is 9.69 Å². The van der Waals surface area contributed by atoms with Crippen LogP contribution >= 0.6 is 11.8 Å². The molecule has 1 heterocycles. The molecule has 0 aromatic heterocycles. The molecule has 0 saturated carbocycles. The van der Waals surface area contributed by atoms with E-state index < -0.39 is 0 Å². The van der Waals surface area contributed by atoms with Crippen LogP contribution in [-0.2, 0) is 9.53 Å². The number of methoxy groups -OCH3 is 1. The van der Waals surface area contributed by atoms with E-state index in [1.165, 1.54) is 23.8 Å². The maximum atomic E-state index is 12.7. The largest absolute Gasteiger partial charge is 0.493 e. The molecule has 0 atom stereocenters. The molecule has 32 heavy (non-hydrogen) atoms. The van der Waals surface area contributed by atoms with Crippen LogP contribution in [0.4, 0.5) is 5.69 Å². The molecule has 0 unspecified atom stereocenters. The second-order valence-electron chi connectivity index (χ2n) is 6.54. The number of carbonyl (C=O) groups is 2. The normalized spacial score (nSPS) is 15.7. The predicted molar refractivity (Wildman–Crippen MR) is 125 cm³/mol. The molecule has 8 heteroatoms. The number of ether oxygens (including phenoxy) is 3. The number of benzene rings is 2. The van der Waals surface area contributed by atoms with Gasteiger partial charge in [0.15, 0.2) is 16.7 Å². The molecule has 164 valence electrons. The third kappa shape index (κ3) is 5.31. The average molecular weight is 451 g/mol. The van der Waals surface area contributed by atoms with E-state index in [-0.39, 0.29) is 18.5 Å². The number of nitrogens with zero attached hydrogens (tertiary/aromatic N) is 2. The molecular weight excluding hydrogens is 428 g/mol. The van der Waals surface area contributed by atoms with Crippen LogP contribution in [-0.4, -0.2) is 49.3 Å². The van der Waals surface area contributed by atoms with Crippen LogP contribution in [0.3, 0.4) is 0 Å². The monoisotopic (exact) mass is 450 g/mol. The number of aliphatic imine (C=N–C) groups is 1. The molecule has 3 rings (SSSR count). The number of likely N-dealkylation sites (N-methyl/N-ethyl adjacent to an activating group) is 1. The molecule has 2 aromatic rings. The molecule has 0 bridgehead atoms. The highest BCUT2D eigenvalue weighted by Gasteiger charge is 2.30. The first-order chi connectivity index (χ1) is 15.5. The van der Waals surface area contributed by atoms with Crippen molar-refractivity contribution in [2.45, 2.75) is 6.92 Å². The quantitative estimate of drug-likeness (QED) is 0.359. The number of hydrogen-bond donors (Lipinski definition) is 0. The Bertz CT molecular complexity index is 1120. The highest BCUT2D eigenvalue weighted by molar-refractivity contribution is 8.18. The predicted octanol–water partition coefficient (Wildman–Crippen LogP) is 4.12. The summed E-state index contributed by atoms with van der Waals surface area (Å²) >= 11 is 1.26. The molecule has 1 fully saturated rings. The van der Waals surface area contributed by atoms with Gasteiger partial charge in [0.05, 0.1) is 29.9 Å². The van der Waals surface area contributed by atoms with Crippen molar-refractivity contribution in [2.75, 3.05) is 27.4 Å². The van der Waals surface area contributed by atoms with Gasteiger partial charge in [0.2, 0.25) is 0 Å². The second kappa shape index (κ2) is 10.6. The van der Waals surface area contributed by atoms with E-state index in [0.29, 0.717) is 39.4 Å². The number of esters is 1. The van der Waals surface area contributed by atoms with E-state index in [9.17, 15) is 9.59 Å². The van der Waals surface area contributed by atoms with E-state index in [1.807, 2.05) is 6.07 Å². The second-order valence-corrected chi connectivity index (χ2v) is 7.55. The van der Waals surface area contributed by atoms with Crippen LogP contribution in [0.1, 0.15) is 22.8 Å². The SMILES string of the molecule is C#CCOc1ccc(/C=C2\SC(=Nc3ccc(C(=O)OCC)cc3)N(C)C2=O)cc1OC. The number of thioether (sulfide) groups is 1. The first kappa shape index (κ1) is 23.0. The van der Waals surface area contributed by atoms with Crippen LogP contribution in [0.2, 0.25) is 0 Å². The Labute approximate surface area is 191 Å². The Morgan fingerprint density at radius 1 is 1.22 bits per heavy atom. The van der Waals surface area contributed by atoms with Crippen molar-refractivity contribution in [3.8, 4) is 23.8 Å². The lowest BCUT2D eigenvalue weighted by molar-refractivity contribution is -0.121. The van der Waals surface area contributed by atoms with Crippen molar-refractivity contribution in [3.63, 3.8) is 0 Å². The number of hydrogen-bond acceptors (Lipinski definition) is 7. The minimum absolute atomic E-state index is 0.135. The molecule has 1 aliphatic rings. The Morgan fingerprint density at radius 3 is 2.62 bits per heavy atom. The molecule has 0 aliphatic carbocycles. The smallest absolute Gasteiger partial charge is 0.338 e. The minimum atomic E-state index is -0.384. The first-order valence-electron chi connectivity index (χ1n) is 9.74. The maximum absolute atomic E-state index is 12.7. The topological polar surface area (TPSA) is 77.4 Å². The van der Waals surface area contributed by atoms with Gasteiger partial charge in [-0.05, 0) is 66.7 Å². The molecule has 2 aromatic carbocycles. The summed E-state index contributed by atoms with van der Waals surface area (Å²) in [4.78, 5) is 31.0. The Balaban J connectivity index is 1.80. The van der Waals surface area contributed by atoms with Gasteiger partial charge in [0.25, 0.3) is 5.91 Å². The van der Waals surface area contributed by atoms with Gasteiger partial charge in [-0.25, -0.2) is 9.79 Å². The van der Waals surface area contributed by atoms with Crippen molar-refractivity contribution in [1.29, 1.82) is 0 Å². The van der Waals surface area contributed by atoms with Gasteiger partial charge in [-0.15, -0.1) is 6.42 Å². The third-order valence-electron chi connectivity index (χ3n) is 4.40. The number of carbonyl (C=O) groups excluding carboxylic acids is 2. The molecule has 1 amide bonds. The standard InChI is InChI=1S/C24H22N2O5S/c1-5-13-31-19-12-7-16(14-20(19)29-4)15-21-22(27)26(3)24(32-21)25-18-10-8-17(9-11-18)23(28)30-6-2/h1,7-12,14-15H,6,13H2,2-4H3/b21-15-,25-24?. The van der Waals surface area contributed by atoms with Crippen LogP contribution in [0.5, 0.6) is 11.5 Å². The minimum Gasteiger partial charge on any atom is -0.493 e. The summed E-state index contributed by atoms with van der Waals surface area (Å²) in [6.07, 6.45) is 7.00. The number of terminal acetylenes is 1. The summed E-state index contributed by atoms with van der Waals surface area (Å²) in [6.45, 7) is 2.20. The van der Waals surface area contributed by atoms with Gasteiger partial charge in [0.1, 0.15) is 6.61 Å². The summed E-state index contributed by atoms with van der Waals surface area (Å²) in [6, 6.07) is 12.0. The lowest BCUT2D eigenvalue weighted by Gasteiger charge is -2.09. The zero-order valence-electron chi connectivity index (χ0n) is 18.0. The zero-order chi connectivity index (χ0) is 23.1. The van der Waals surface area contributed by atoms with Crippen molar-refractivity contribution < 1.29 is 23.8 Å². The Kier molecular flexibility index (Phi) is 7.58. The Morgan fingerprint density at radius 2 is 1.97 bits per heavy atom. The van der Waals surface area contributed by atoms with Gasteiger partial charge in [-0.1, -0.05) is 12.0 Å². The van der Waals surface area contributed by atoms with Gasteiger partial charge in [0, 0.05) is 7.05 Å². The van der Waals surface area contributed by atoms with E-state index in [1.54, 1.807) is 56.4 Å². The lowest BCUT2D eigenvalue weighted by atomic mass is 10.2. The van der Waals surface area contributed by atoms with Gasteiger partial charge in [-0.2, -0.15) is 0 Å². The van der Waals surface area contributed by atoms with E-state index in [2.05, 4.69) is 10.9 Å². The Hall–Kier alpha value is -3.70. The molecule has 1 aliphatic heterocycles. The van der Waals surface area contributed by atoms with Crippen LogP contribution in [0.25, 0.3) is 6.08 Å². The first-order valence-corrected chi connectivity index (χ1v) is 10.6. The molecule has 0 N–H and O–H groups in total. The highest BCUT2D eigenvalue weighted by Crippen LogP contribution is 2.35. The number of rotatable bonds is 7. The van der Waals surface area contributed by atoms with E-state index in [4.69, 9.17) is 20.6 Å². The van der Waals surface area contributed by atoms with Gasteiger partial charge < -0.3 is 14.2 Å². The fourth-order valence-electron chi connectivity index (χ4n) is 2.81. The average Bonchev–Trinajstić information content (AvgIpc) is 3.06. The highest BCUT2D eigenvalue weighted by atomic mass is 32.2. The van der Waals surface area contributed by atoms with Crippen LogP contribution < -0.4 is 9.47 Å². The number of amidine groups is 1. The molecule has 1 saturated heterocycles. The summed E-state index contributed by atoms with van der Waals surface area (Å²) in [5, 5.41) is 0.533. The van der Waals surface area contributed by atoms with Crippen LogP contribution in [0, 0.1) is 12.3 Å². The summed E-state index contributed by atoms with van der Waals surface area (Å²) in [5.41, 5.74) is 1.85. The molecule has 0 spiro atoms. The van der Waals surface area contributed by atoms with Crippen molar-refractivity contribution in [2.24, 2.45) is 4.99 Å². The van der Waals surface area contributed by atoms with Crippen molar-refractivity contribution in [3.05, 3.63) is 58.5 Å². The lowest BCUT2D eigenvalue weighted by Crippen LogP contribution is -2.23. The summed E-state index contributed by atoms with van der Waals surface area (Å²) < 4.78 is 15.8. The molecular formula is C24H22N2O5S. The van der Waals surface area contributed by atoms with Gasteiger partial charge >= 0.3 is 5.97 Å². The third-order valence-corrected chi connectivity index (χ3v) is 5.46. The van der Waals surface area contributed by atoms with Crippen LogP contribution in [0.15, 0.2) is 52.4 Å². The summed E-state index contributed by atoms with van der Waals surface area (Å²) in [7, 11) is 3.20. The van der Waals surface area contributed by atoms with E-state index >= 15 is 0 Å². The summed E-state index contributed by atoms with van der Waals surface area (Å²) in [5.74, 6) is 2.92. The van der Waals surface area contributed by atoms with Crippen molar-refractivity contribution >= 4 is 40.6 Å². The number of amides is 1. The molecule has 0 radical (unpaired) electrons. The molecule has 7 nitrogen and oxygen atoms in total. The maximum Gasteiger partial charge on any atom is 0.338 e. The zero-order valence-corrected chi connectivity index (χ0v) is 18.8. The fourth-order valence-corrected chi connectivity index (χ4v) is 3.80. The van der Waals surface area contributed by atoms with E-state index in [0.717, 1.165) is 5.56 Å².